The summed E-state index contributed by atoms with van der Waals surface area (Å²) in [5.41, 5.74) is 0.279. The van der Waals surface area contributed by atoms with E-state index in [2.05, 4.69) is 15.9 Å². The van der Waals surface area contributed by atoms with E-state index in [1.54, 1.807) is 13.0 Å². The molecule has 1 aliphatic heterocycles. The van der Waals surface area contributed by atoms with Gasteiger partial charge >= 0.3 is 0 Å². The first-order valence-corrected chi connectivity index (χ1v) is 5.60. The first kappa shape index (κ1) is 11.3. The fraction of sp³-hybridized carbons (Fsp3) is 0.400. The largest absolute Gasteiger partial charge is 0.386 e. The van der Waals surface area contributed by atoms with Crippen molar-refractivity contribution in [2.75, 3.05) is 18.0 Å². The van der Waals surface area contributed by atoms with Crippen LogP contribution in [0.1, 0.15) is 6.92 Å². The van der Waals surface area contributed by atoms with Crippen molar-refractivity contribution in [1.82, 2.24) is 0 Å². The summed E-state index contributed by atoms with van der Waals surface area (Å²) < 4.78 is 0.678. The highest BCUT2D eigenvalue weighted by atomic mass is 79.9. The second kappa shape index (κ2) is 3.71. The predicted molar refractivity (Wildman–Crippen MR) is 63.6 cm³/mol. The van der Waals surface area contributed by atoms with Crippen LogP contribution in [0, 0.1) is 10.1 Å². The third-order valence-electron chi connectivity index (χ3n) is 2.55. The van der Waals surface area contributed by atoms with Crippen molar-refractivity contribution in [3.05, 3.63) is 32.8 Å². The summed E-state index contributed by atoms with van der Waals surface area (Å²) in [6.45, 7) is 2.86. The molecule has 6 heteroatoms. The van der Waals surface area contributed by atoms with Crippen LogP contribution < -0.4 is 4.90 Å². The molecule has 0 radical (unpaired) electrons. The van der Waals surface area contributed by atoms with E-state index < -0.39 is 10.5 Å². The van der Waals surface area contributed by atoms with Crippen molar-refractivity contribution in [1.29, 1.82) is 0 Å². The number of nitrogens with zero attached hydrogens (tertiary/aromatic N) is 2. The van der Waals surface area contributed by atoms with Crippen molar-refractivity contribution in [3.63, 3.8) is 0 Å². The highest BCUT2D eigenvalue weighted by molar-refractivity contribution is 9.10. The van der Waals surface area contributed by atoms with Crippen LogP contribution in [0.25, 0.3) is 0 Å². The van der Waals surface area contributed by atoms with Gasteiger partial charge in [-0.1, -0.05) is 0 Å². The van der Waals surface area contributed by atoms with Crippen LogP contribution in [0.5, 0.6) is 0 Å². The van der Waals surface area contributed by atoms with Crippen molar-refractivity contribution in [2.24, 2.45) is 0 Å². The van der Waals surface area contributed by atoms with Gasteiger partial charge in [-0.15, -0.1) is 0 Å². The van der Waals surface area contributed by atoms with E-state index in [0.717, 1.165) is 5.69 Å². The summed E-state index contributed by atoms with van der Waals surface area (Å²) in [4.78, 5) is 12.1. The lowest BCUT2D eigenvalue weighted by atomic mass is 9.96. The van der Waals surface area contributed by atoms with Gasteiger partial charge in [-0.2, -0.15) is 0 Å². The number of β-amino-alcohol motifs (C(OH)–C–C–N with tert-alkyl or cyclic N) is 1. The highest BCUT2D eigenvalue weighted by Gasteiger charge is 2.37. The van der Waals surface area contributed by atoms with Crippen molar-refractivity contribution in [2.45, 2.75) is 12.5 Å². The number of nitro benzene ring substituents is 1. The van der Waals surface area contributed by atoms with Crippen molar-refractivity contribution in [3.8, 4) is 0 Å². The molecule has 0 unspecified atom stereocenters. The zero-order valence-electron chi connectivity index (χ0n) is 8.68. The summed E-state index contributed by atoms with van der Waals surface area (Å²) in [5, 5.41) is 20.2. The third kappa shape index (κ3) is 2.03. The molecule has 1 aromatic carbocycles. The molecule has 1 N–H and O–H groups in total. The Hall–Kier alpha value is -1.14. The zero-order valence-corrected chi connectivity index (χ0v) is 10.3. The smallest absolute Gasteiger partial charge is 0.270 e. The molecule has 0 atom stereocenters. The van der Waals surface area contributed by atoms with E-state index >= 15 is 0 Å². The van der Waals surface area contributed by atoms with E-state index in [-0.39, 0.29) is 5.69 Å². The highest BCUT2D eigenvalue weighted by Crippen LogP contribution is 2.35. The molecule has 0 aliphatic carbocycles. The number of hydrogen-bond donors (Lipinski definition) is 1. The maximum atomic E-state index is 10.6. The number of rotatable bonds is 2. The average molecular weight is 287 g/mol. The van der Waals surface area contributed by atoms with Gasteiger partial charge in [0.1, 0.15) is 0 Å². The van der Waals surface area contributed by atoms with E-state index in [1.165, 1.54) is 12.1 Å². The topological polar surface area (TPSA) is 66.6 Å². The first-order chi connectivity index (χ1) is 7.39. The summed E-state index contributed by atoms with van der Waals surface area (Å²) in [6, 6.07) is 4.63. The number of non-ortho nitro benzene ring substituents is 1. The van der Waals surface area contributed by atoms with E-state index in [1.807, 2.05) is 4.90 Å². The molecule has 0 bridgehead atoms. The number of aliphatic hydroxyl groups is 1. The second-order valence-electron chi connectivity index (χ2n) is 4.25. The summed E-state index contributed by atoms with van der Waals surface area (Å²) in [5.74, 6) is 0. The monoisotopic (exact) mass is 286 g/mol. The molecule has 0 aromatic heterocycles. The molecule has 2 rings (SSSR count). The van der Waals surface area contributed by atoms with Crippen LogP contribution in [0.2, 0.25) is 0 Å². The van der Waals surface area contributed by atoms with Gasteiger partial charge in [0.2, 0.25) is 0 Å². The van der Waals surface area contributed by atoms with Crippen LogP contribution in [0.15, 0.2) is 22.7 Å². The van der Waals surface area contributed by atoms with Crippen molar-refractivity contribution < 1.29 is 10.0 Å². The number of anilines is 1. The van der Waals surface area contributed by atoms with Gasteiger partial charge in [0.05, 0.1) is 16.2 Å². The van der Waals surface area contributed by atoms with Gasteiger partial charge in [0, 0.05) is 29.7 Å². The lowest BCUT2D eigenvalue weighted by Crippen LogP contribution is -2.60. The molecule has 5 nitrogen and oxygen atoms in total. The Labute approximate surface area is 101 Å². The second-order valence-corrected chi connectivity index (χ2v) is 5.10. The molecule has 0 amide bonds. The number of benzene rings is 1. The summed E-state index contributed by atoms with van der Waals surface area (Å²) >= 11 is 3.30. The Bertz CT molecular complexity index is 440. The normalized spacial score (nSPS) is 18.1. The molecule has 1 aliphatic rings. The molecule has 1 fully saturated rings. The predicted octanol–water partition coefficient (Wildman–Crippen LogP) is 1.93. The van der Waals surface area contributed by atoms with E-state index in [0.29, 0.717) is 17.6 Å². The van der Waals surface area contributed by atoms with E-state index in [9.17, 15) is 15.2 Å². The Balaban J connectivity index is 2.21. The minimum absolute atomic E-state index is 0.0582. The Morgan fingerprint density at radius 2 is 2.19 bits per heavy atom. The lowest BCUT2D eigenvalue weighted by molar-refractivity contribution is -0.384. The molecule has 86 valence electrons. The maximum Gasteiger partial charge on any atom is 0.270 e. The maximum absolute atomic E-state index is 10.6. The van der Waals surface area contributed by atoms with Gasteiger partial charge in [0.15, 0.2) is 0 Å². The van der Waals surface area contributed by atoms with Gasteiger partial charge < -0.3 is 10.0 Å². The Morgan fingerprint density at radius 3 is 2.62 bits per heavy atom. The zero-order chi connectivity index (χ0) is 11.9. The van der Waals surface area contributed by atoms with Gasteiger partial charge in [-0.3, -0.25) is 10.1 Å². The standard InChI is InChI=1S/C10H11BrN2O3/c1-10(14)5-12(6-10)9-3-2-7(13(15)16)4-8(9)11/h2-4,14H,5-6H2,1H3. The molecular weight excluding hydrogens is 276 g/mol. The molecule has 16 heavy (non-hydrogen) atoms. The average Bonchev–Trinajstić information content (AvgIpc) is 2.13. The molecule has 0 saturated carbocycles. The van der Waals surface area contributed by atoms with Crippen LogP contribution in [0.3, 0.4) is 0 Å². The quantitative estimate of drug-likeness (QED) is 0.666. The lowest BCUT2D eigenvalue weighted by Gasteiger charge is -2.46. The molecule has 0 spiro atoms. The van der Waals surface area contributed by atoms with Crippen LogP contribution in [-0.2, 0) is 0 Å². The Morgan fingerprint density at radius 1 is 1.56 bits per heavy atom. The SMILES string of the molecule is CC1(O)CN(c2ccc([N+](=O)[O-])cc2Br)C1. The molecule has 1 saturated heterocycles. The van der Waals surface area contributed by atoms with Gasteiger partial charge in [0.25, 0.3) is 5.69 Å². The van der Waals surface area contributed by atoms with Crippen LogP contribution in [0.4, 0.5) is 11.4 Å². The molecule has 1 aromatic rings. The first-order valence-electron chi connectivity index (χ1n) is 4.80. The van der Waals surface area contributed by atoms with Gasteiger partial charge in [-0.25, -0.2) is 0 Å². The number of hydrogen-bond acceptors (Lipinski definition) is 4. The number of halogens is 1. The Kier molecular flexibility index (Phi) is 2.63. The van der Waals surface area contributed by atoms with Crippen molar-refractivity contribution >= 4 is 27.3 Å². The molecular formula is C10H11BrN2O3. The summed E-state index contributed by atoms with van der Waals surface area (Å²) in [7, 11) is 0. The summed E-state index contributed by atoms with van der Waals surface area (Å²) in [6.07, 6.45) is 0. The number of nitro groups is 1. The van der Waals surface area contributed by atoms with E-state index in [4.69, 9.17) is 0 Å². The van der Waals surface area contributed by atoms with Crippen LogP contribution in [-0.4, -0.2) is 28.7 Å². The van der Waals surface area contributed by atoms with Gasteiger partial charge in [-0.05, 0) is 28.9 Å². The third-order valence-corrected chi connectivity index (χ3v) is 3.18. The van der Waals surface area contributed by atoms with Crippen LogP contribution >= 0.6 is 15.9 Å². The molecule has 1 heterocycles. The fourth-order valence-corrected chi connectivity index (χ4v) is 2.43. The minimum Gasteiger partial charge on any atom is -0.386 e. The fourth-order valence-electron chi connectivity index (χ4n) is 1.81. The minimum atomic E-state index is -0.652.